The lowest BCUT2D eigenvalue weighted by atomic mass is 9.94. The average Bonchev–Trinajstić information content (AvgIpc) is 2.49. The summed E-state index contributed by atoms with van der Waals surface area (Å²) in [6.07, 6.45) is 7.18. The van der Waals surface area contributed by atoms with Gasteiger partial charge in [-0.05, 0) is 18.8 Å². The fourth-order valence-corrected chi connectivity index (χ4v) is 2.67. The summed E-state index contributed by atoms with van der Waals surface area (Å²) in [6, 6.07) is 1.21. The molecule has 0 radical (unpaired) electrons. The molecule has 22 heavy (non-hydrogen) atoms. The number of rotatable bonds is 6. The summed E-state index contributed by atoms with van der Waals surface area (Å²) in [5.41, 5.74) is -0.0556. The Bertz CT molecular complexity index is 474. The van der Waals surface area contributed by atoms with Crippen molar-refractivity contribution in [2.75, 3.05) is 7.05 Å². The lowest BCUT2D eigenvalue weighted by molar-refractivity contribution is -0.142. The second kappa shape index (κ2) is 8.42. The van der Waals surface area contributed by atoms with Gasteiger partial charge in [0.2, 0.25) is 0 Å². The molecule has 0 bridgehead atoms. The maximum atomic E-state index is 12.1. The topological polar surface area (TPSA) is 93.4 Å². The van der Waals surface area contributed by atoms with Crippen molar-refractivity contribution in [3.63, 3.8) is 0 Å². The number of carbonyl (C=O) groups is 2. The monoisotopic (exact) mass is 307 g/mol. The van der Waals surface area contributed by atoms with Crippen molar-refractivity contribution < 1.29 is 14.7 Å². The van der Waals surface area contributed by atoms with Gasteiger partial charge >= 0.3 is 5.97 Å². The van der Waals surface area contributed by atoms with Crippen LogP contribution in [0.5, 0.6) is 0 Å². The minimum absolute atomic E-state index is 0.0556. The van der Waals surface area contributed by atoms with Gasteiger partial charge in [0, 0.05) is 19.3 Å². The zero-order valence-corrected chi connectivity index (χ0v) is 13.5. The van der Waals surface area contributed by atoms with Crippen LogP contribution in [-0.4, -0.2) is 41.0 Å². The fraction of sp³-hybridized carbons (Fsp3) is 0.688. The Hall–Kier alpha value is -2.03. The Labute approximate surface area is 131 Å². The fourth-order valence-electron chi connectivity index (χ4n) is 2.67. The lowest BCUT2D eigenvalue weighted by Crippen LogP contribution is -2.45. The minimum Gasteiger partial charge on any atom is -0.480 e. The zero-order chi connectivity index (χ0) is 16.7. The van der Waals surface area contributed by atoms with Crippen molar-refractivity contribution in [1.29, 1.82) is 5.26 Å². The van der Waals surface area contributed by atoms with E-state index in [1.807, 2.05) is 18.0 Å². The van der Waals surface area contributed by atoms with E-state index in [-0.39, 0.29) is 11.5 Å². The molecule has 1 amide bonds. The number of amides is 1. The summed E-state index contributed by atoms with van der Waals surface area (Å²) in [4.78, 5) is 25.2. The molecule has 122 valence electrons. The number of nitriles is 1. The predicted octanol–water partition coefficient (Wildman–Crippen LogP) is 1.88. The van der Waals surface area contributed by atoms with Crippen LogP contribution in [0.2, 0.25) is 0 Å². The smallest absolute Gasteiger partial charge is 0.326 e. The molecule has 0 spiro atoms. The van der Waals surface area contributed by atoms with E-state index in [1.165, 1.54) is 12.6 Å². The van der Waals surface area contributed by atoms with Gasteiger partial charge in [-0.2, -0.15) is 5.26 Å². The molecule has 2 N–H and O–H groups in total. The number of carboxylic acids is 1. The first kappa shape index (κ1) is 18.0. The van der Waals surface area contributed by atoms with Crippen molar-refractivity contribution in [3.8, 4) is 6.07 Å². The average molecular weight is 307 g/mol. The Morgan fingerprint density at radius 3 is 2.36 bits per heavy atom. The molecule has 1 aliphatic carbocycles. The Balaban J connectivity index is 2.76. The van der Waals surface area contributed by atoms with Crippen LogP contribution in [0.4, 0.5) is 0 Å². The highest BCUT2D eigenvalue weighted by atomic mass is 16.4. The second-order valence-corrected chi connectivity index (χ2v) is 6.15. The minimum atomic E-state index is -1.10. The van der Waals surface area contributed by atoms with Crippen LogP contribution in [0, 0.1) is 17.2 Å². The Kier molecular flexibility index (Phi) is 6.90. The SMILES string of the molecule is CC(C)C(NC(=O)/C(C#N)=C\N(C)C1CCCCC1)C(=O)O. The molecule has 0 aromatic heterocycles. The van der Waals surface area contributed by atoms with Crippen LogP contribution >= 0.6 is 0 Å². The molecule has 1 aliphatic rings. The molecule has 0 aromatic carbocycles. The summed E-state index contributed by atoms with van der Waals surface area (Å²) in [6.45, 7) is 3.42. The number of aliphatic carboxylic acids is 1. The maximum Gasteiger partial charge on any atom is 0.326 e. The summed E-state index contributed by atoms with van der Waals surface area (Å²) >= 11 is 0. The first-order valence-electron chi connectivity index (χ1n) is 7.74. The van der Waals surface area contributed by atoms with Crippen LogP contribution < -0.4 is 5.32 Å². The molecule has 1 rings (SSSR count). The van der Waals surface area contributed by atoms with Gasteiger partial charge in [0.1, 0.15) is 17.7 Å². The Morgan fingerprint density at radius 2 is 1.91 bits per heavy atom. The molecule has 1 atom stereocenters. The van der Waals surface area contributed by atoms with Crippen LogP contribution in [-0.2, 0) is 9.59 Å². The molecule has 0 heterocycles. The van der Waals surface area contributed by atoms with E-state index in [0.717, 1.165) is 25.7 Å². The first-order chi connectivity index (χ1) is 10.4. The molecule has 0 aromatic rings. The molecule has 6 nitrogen and oxygen atoms in total. The third kappa shape index (κ3) is 5.06. The van der Waals surface area contributed by atoms with Crippen molar-refractivity contribution in [3.05, 3.63) is 11.8 Å². The predicted molar refractivity (Wildman–Crippen MR) is 82.7 cm³/mol. The van der Waals surface area contributed by atoms with Crippen molar-refractivity contribution in [2.24, 2.45) is 5.92 Å². The van der Waals surface area contributed by atoms with Crippen molar-refractivity contribution in [1.82, 2.24) is 10.2 Å². The molecule has 1 fully saturated rings. The van der Waals surface area contributed by atoms with E-state index in [9.17, 15) is 14.9 Å². The number of hydrogen-bond donors (Lipinski definition) is 2. The van der Waals surface area contributed by atoms with E-state index in [2.05, 4.69) is 5.32 Å². The van der Waals surface area contributed by atoms with Gasteiger partial charge in [0.25, 0.3) is 5.91 Å². The molecular formula is C16H25N3O3. The lowest BCUT2D eigenvalue weighted by Gasteiger charge is -2.30. The van der Waals surface area contributed by atoms with Gasteiger partial charge in [-0.1, -0.05) is 33.1 Å². The highest BCUT2D eigenvalue weighted by molar-refractivity contribution is 5.99. The number of nitrogens with one attached hydrogen (secondary N) is 1. The highest BCUT2D eigenvalue weighted by Gasteiger charge is 2.25. The number of carbonyl (C=O) groups excluding carboxylic acids is 1. The van der Waals surface area contributed by atoms with Crippen molar-refractivity contribution >= 4 is 11.9 Å². The normalized spacial score (nSPS) is 17.7. The summed E-state index contributed by atoms with van der Waals surface area (Å²) in [5, 5.41) is 20.7. The van der Waals surface area contributed by atoms with E-state index in [1.54, 1.807) is 13.8 Å². The quantitative estimate of drug-likeness (QED) is 0.577. The molecule has 1 unspecified atom stereocenters. The van der Waals surface area contributed by atoms with E-state index in [0.29, 0.717) is 6.04 Å². The molecular weight excluding hydrogens is 282 g/mol. The van der Waals surface area contributed by atoms with Crippen LogP contribution in [0.25, 0.3) is 0 Å². The van der Waals surface area contributed by atoms with Gasteiger partial charge in [0.15, 0.2) is 0 Å². The maximum absolute atomic E-state index is 12.1. The largest absolute Gasteiger partial charge is 0.480 e. The van der Waals surface area contributed by atoms with E-state index < -0.39 is 17.9 Å². The summed E-state index contributed by atoms with van der Waals surface area (Å²) < 4.78 is 0. The molecule has 0 saturated heterocycles. The van der Waals surface area contributed by atoms with Gasteiger partial charge in [-0.25, -0.2) is 4.79 Å². The number of carboxylic acid groups (broad SMARTS) is 1. The molecule has 1 saturated carbocycles. The summed E-state index contributed by atoms with van der Waals surface area (Å²) in [7, 11) is 1.86. The number of hydrogen-bond acceptors (Lipinski definition) is 4. The third-order valence-electron chi connectivity index (χ3n) is 4.07. The van der Waals surface area contributed by atoms with Gasteiger partial charge in [-0.3, -0.25) is 4.79 Å². The third-order valence-corrected chi connectivity index (χ3v) is 4.07. The summed E-state index contributed by atoms with van der Waals surface area (Å²) in [5.74, 6) is -1.98. The number of nitrogens with zero attached hydrogens (tertiary/aromatic N) is 2. The van der Waals surface area contributed by atoms with Gasteiger partial charge in [-0.15, -0.1) is 0 Å². The standard InChI is InChI=1S/C16H25N3O3/c1-11(2)14(16(21)22)18-15(20)12(9-17)10-19(3)13-7-5-4-6-8-13/h10-11,13-14H,4-8H2,1-3H3,(H,18,20)(H,21,22)/b12-10-. The highest BCUT2D eigenvalue weighted by Crippen LogP contribution is 2.22. The van der Waals surface area contributed by atoms with Crippen molar-refractivity contribution in [2.45, 2.75) is 58.0 Å². The van der Waals surface area contributed by atoms with E-state index in [4.69, 9.17) is 5.11 Å². The Morgan fingerprint density at radius 1 is 1.32 bits per heavy atom. The second-order valence-electron chi connectivity index (χ2n) is 6.15. The van der Waals surface area contributed by atoms with Gasteiger partial charge < -0.3 is 15.3 Å². The van der Waals surface area contributed by atoms with Crippen LogP contribution in [0.1, 0.15) is 46.0 Å². The van der Waals surface area contributed by atoms with Gasteiger partial charge in [0.05, 0.1) is 0 Å². The van der Waals surface area contributed by atoms with E-state index >= 15 is 0 Å². The molecule has 6 heteroatoms. The van der Waals surface area contributed by atoms with Crippen LogP contribution in [0.15, 0.2) is 11.8 Å². The van der Waals surface area contributed by atoms with Crippen LogP contribution in [0.3, 0.4) is 0 Å². The first-order valence-corrected chi connectivity index (χ1v) is 7.74. The molecule has 0 aliphatic heterocycles. The zero-order valence-electron chi connectivity index (χ0n) is 13.5.